The molecule has 0 spiro atoms. The number of nitrogens with zero attached hydrogens (tertiary/aromatic N) is 1. The van der Waals surface area contributed by atoms with E-state index >= 15 is 0 Å². The first-order valence-corrected chi connectivity index (χ1v) is 9.41. The van der Waals surface area contributed by atoms with E-state index in [-0.39, 0.29) is 30.1 Å². The molecule has 0 saturated carbocycles. The van der Waals surface area contributed by atoms with Crippen LogP contribution >= 0.6 is 24.0 Å². The van der Waals surface area contributed by atoms with Crippen LogP contribution in [0.3, 0.4) is 0 Å². The number of aliphatic imine (C=N–C) groups is 1. The van der Waals surface area contributed by atoms with Crippen molar-refractivity contribution >= 4 is 40.8 Å². The Morgan fingerprint density at radius 3 is 2.54 bits per heavy atom. The lowest BCUT2D eigenvalue weighted by atomic mass is 10.1. The summed E-state index contributed by atoms with van der Waals surface area (Å²) in [4.78, 5) is 7.62. The number of hydrogen-bond acceptors (Lipinski definition) is 2. The van der Waals surface area contributed by atoms with Crippen molar-refractivity contribution in [2.45, 2.75) is 32.9 Å². The van der Waals surface area contributed by atoms with Crippen molar-refractivity contribution in [3.63, 3.8) is 0 Å². The Morgan fingerprint density at radius 2 is 1.82 bits per heavy atom. The summed E-state index contributed by atoms with van der Waals surface area (Å²) in [6.07, 6.45) is 3.21. The molecular formula is C22H29IN4O. The average molecular weight is 492 g/mol. The fourth-order valence-electron chi connectivity index (χ4n) is 3.02. The molecule has 1 aromatic heterocycles. The number of ether oxygens (including phenoxy) is 1. The number of guanidine groups is 1. The van der Waals surface area contributed by atoms with Gasteiger partial charge in [0, 0.05) is 37.2 Å². The number of rotatable bonds is 7. The summed E-state index contributed by atoms with van der Waals surface area (Å²) < 4.78 is 5.68. The highest BCUT2D eigenvalue weighted by atomic mass is 127. The number of hydrogen-bond donors (Lipinski definition) is 3. The quantitative estimate of drug-likeness (QED) is 0.259. The summed E-state index contributed by atoms with van der Waals surface area (Å²) in [6, 6.07) is 16.5. The zero-order chi connectivity index (χ0) is 19.1. The molecule has 0 atom stereocenters. The molecule has 0 fully saturated rings. The van der Waals surface area contributed by atoms with Gasteiger partial charge in [0.1, 0.15) is 5.75 Å². The van der Waals surface area contributed by atoms with Gasteiger partial charge in [-0.15, -0.1) is 24.0 Å². The van der Waals surface area contributed by atoms with E-state index in [1.807, 2.05) is 32.0 Å². The number of H-pyrrole nitrogens is 1. The highest BCUT2D eigenvalue weighted by Gasteiger charge is 2.04. The van der Waals surface area contributed by atoms with Gasteiger partial charge < -0.3 is 20.4 Å². The number of fused-ring (bicyclic) bond motifs is 1. The minimum Gasteiger partial charge on any atom is -0.491 e. The summed E-state index contributed by atoms with van der Waals surface area (Å²) in [5, 5.41) is 8.02. The molecule has 1 heterocycles. The lowest BCUT2D eigenvalue weighted by molar-refractivity contribution is 0.242. The van der Waals surface area contributed by atoms with Crippen molar-refractivity contribution in [2.75, 3.05) is 13.6 Å². The molecule has 0 radical (unpaired) electrons. The van der Waals surface area contributed by atoms with Gasteiger partial charge in [0.05, 0.1) is 6.10 Å². The third kappa shape index (κ3) is 6.15. The van der Waals surface area contributed by atoms with Gasteiger partial charge in [-0.3, -0.25) is 4.99 Å². The Hall–Kier alpha value is -2.22. The molecule has 0 aliphatic rings. The Labute approximate surface area is 184 Å². The van der Waals surface area contributed by atoms with Crippen LogP contribution in [-0.4, -0.2) is 30.6 Å². The van der Waals surface area contributed by atoms with Crippen LogP contribution in [-0.2, 0) is 13.0 Å². The van der Waals surface area contributed by atoms with E-state index in [2.05, 4.69) is 57.1 Å². The van der Waals surface area contributed by atoms with E-state index in [0.29, 0.717) is 6.54 Å². The lowest BCUT2D eigenvalue weighted by Crippen LogP contribution is -2.37. The van der Waals surface area contributed by atoms with Crippen LogP contribution in [0.15, 0.2) is 59.7 Å². The molecule has 0 aliphatic heterocycles. The van der Waals surface area contributed by atoms with E-state index in [1.165, 1.54) is 22.0 Å². The van der Waals surface area contributed by atoms with E-state index in [9.17, 15) is 0 Å². The van der Waals surface area contributed by atoms with Crippen LogP contribution in [0.25, 0.3) is 10.9 Å². The van der Waals surface area contributed by atoms with Gasteiger partial charge in [0.25, 0.3) is 0 Å². The molecular weight excluding hydrogens is 463 g/mol. The van der Waals surface area contributed by atoms with Crippen LogP contribution < -0.4 is 15.4 Å². The monoisotopic (exact) mass is 492 g/mol. The van der Waals surface area contributed by atoms with Gasteiger partial charge >= 0.3 is 0 Å². The molecule has 28 heavy (non-hydrogen) atoms. The molecule has 150 valence electrons. The van der Waals surface area contributed by atoms with E-state index in [1.54, 1.807) is 7.05 Å². The summed E-state index contributed by atoms with van der Waals surface area (Å²) in [7, 11) is 1.79. The minimum atomic E-state index is 0. The fourth-order valence-corrected chi connectivity index (χ4v) is 3.02. The number of para-hydroxylation sites is 1. The molecule has 0 amide bonds. The molecule has 5 nitrogen and oxygen atoms in total. The van der Waals surface area contributed by atoms with Crippen molar-refractivity contribution in [3.8, 4) is 5.75 Å². The van der Waals surface area contributed by atoms with Crippen molar-refractivity contribution in [1.82, 2.24) is 15.6 Å². The Morgan fingerprint density at radius 1 is 1.07 bits per heavy atom. The maximum absolute atomic E-state index is 5.68. The summed E-state index contributed by atoms with van der Waals surface area (Å²) in [6.45, 7) is 5.60. The lowest BCUT2D eigenvalue weighted by Gasteiger charge is -2.13. The second-order valence-electron chi connectivity index (χ2n) is 6.77. The second kappa shape index (κ2) is 10.9. The van der Waals surface area contributed by atoms with Crippen molar-refractivity contribution in [1.29, 1.82) is 0 Å². The molecule has 3 rings (SSSR count). The number of aromatic nitrogens is 1. The molecule has 0 unspecified atom stereocenters. The molecule has 6 heteroatoms. The van der Waals surface area contributed by atoms with Gasteiger partial charge in [0.15, 0.2) is 5.96 Å². The van der Waals surface area contributed by atoms with E-state index in [0.717, 1.165) is 24.7 Å². The smallest absolute Gasteiger partial charge is 0.191 e. The first-order chi connectivity index (χ1) is 13.2. The van der Waals surface area contributed by atoms with Crippen LogP contribution in [0.2, 0.25) is 0 Å². The second-order valence-corrected chi connectivity index (χ2v) is 6.77. The molecule has 3 aromatic rings. The fraction of sp³-hybridized carbons (Fsp3) is 0.318. The van der Waals surface area contributed by atoms with Crippen LogP contribution in [0.5, 0.6) is 5.75 Å². The molecule has 2 aromatic carbocycles. The highest BCUT2D eigenvalue weighted by Crippen LogP contribution is 2.17. The minimum absolute atomic E-state index is 0. The summed E-state index contributed by atoms with van der Waals surface area (Å²) >= 11 is 0. The third-order valence-corrected chi connectivity index (χ3v) is 4.34. The predicted octanol–water partition coefficient (Wildman–Crippen LogP) is 4.48. The van der Waals surface area contributed by atoms with Gasteiger partial charge in [-0.1, -0.05) is 30.3 Å². The zero-order valence-electron chi connectivity index (χ0n) is 16.7. The SMILES string of the molecule is CN=C(NCCc1c[nH]c2ccccc12)NCc1ccc(OC(C)C)cc1.I. The van der Waals surface area contributed by atoms with Gasteiger partial charge in [-0.05, 0) is 49.6 Å². The Balaban J connectivity index is 0.00000280. The summed E-state index contributed by atoms with van der Waals surface area (Å²) in [5.41, 5.74) is 3.68. The maximum Gasteiger partial charge on any atom is 0.191 e. The van der Waals surface area contributed by atoms with Crippen molar-refractivity contribution in [3.05, 3.63) is 65.9 Å². The number of benzene rings is 2. The van der Waals surface area contributed by atoms with Crippen molar-refractivity contribution < 1.29 is 4.74 Å². The van der Waals surface area contributed by atoms with E-state index < -0.39 is 0 Å². The van der Waals surface area contributed by atoms with Gasteiger partial charge in [0.2, 0.25) is 0 Å². The molecule has 0 saturated heterocycles. The standard InChI is InChI=1S/C22H28N4O.HI/c1-16(2)27-19-10-8-17(9-11-19)14-26-22(23-3)24-13-12-18-15-25-21-7-5-4-6-20(18)21;/h4-11,15-16,25H,12-14H2,1-3H3,(H2,23,24,26);1H. The number of halogens is 1. The van der Waals surface area contributed by atoms with Crippen LogP contribution in [0, 0.1) is 0 Å². The first-order valence-electron chi connectivity index (χ1n) is 9.41. The topological polar surface area (TPSA) is 61.4 Å². The van der Waals surface area contributed by atoms with Crippen LogP contribution in [0.4, 0.5) is 0 Å². The molecule has 0 bridgehead atoms. The predicted molar refractivity (Wildman–Crippen MR) is 128 cm³/mol. The maximum atomic E-state index is 5.68. The average Bonchev–Trinajstić information content (AvgIpc) is 3.08. The Kier molecular flexibility index (Phi) is 8.63. The van der Waals surface area contributed by atoms with Crippen LogP contribution in [0.1, 0.15) is 25.0 Å². The first kappa shape index (κ1) is 22.1. The van der Waals surface area contributed by atoms with Gasteiger partial charge in [-0.25, -0.2) is 0 Å². The van der Waals surface area contributed by atoms with Crippen molar-refractivity contribution in [2.24, 2.45) is 4.99 Å². The van der Waals surface area contributed by atoms with Gasteiger partial charge in [-0.2, -0.15) is 0 Å². The zero-order valence-corrected chi connectivity index (χ0v) is 19.0. The molecule has 3 N–H and O–H groups in total. The van der Waals surface area contributed by atoms with E-state index in [4.69, 9.17) is 4.74 Å². The normalized spacial score (nSPS) is 11.4. The Bertz CT molecular complexity index is 887. The number of nitrogens with one attached hydrogen (secondary N) is 3. The molecule has 0 aliphatic carbocycles. The third-order valence-electron chi connectivity index (χ3n) is 4.34. The summed E-state index contributed by atoms with van der Waals surface area (Å²) in [5.74, 6) is 1.70. The largest absolute Gasteiger partial charge is 0.491 e. The highest BCUT2D eigenvalue weighted by molar-refractivity contribution is 14.0. The number of aromatic amines is 1.